The zero-order valence-electron chi connectivity index (χ0n) is 19.3. The quantitative estimate of drug-likeness (QED) is 0.152. The molecule has 0 spiro atoms. The number of anilines is 3. The molecule has 0 radical (unpaired) electrons. The number of rotatable bonds is 6. The van der Waals surface area contributed by atoms with E-state index < -0.39 is 15.6 Å². The van der Waals surface area contributed by atoms with E-state index in [1.54, 1.807) is 0 Å². The van der Waals surface area contributed by atoms with Crippen LogP contribution in [0.2, 0.25) is 0 Å². The molecule has 0 bridgehead atoms. The van der Waals surface area contributed by atoms with Crippen molar-refractivity contribution >= 4 is 38.1 Å². The van der Waals surface area contributed by atoms with E-state index in [2.05, 4.69) is 126 Å². The Kier molecular flexibility index (Phi) is 9.19. The largest absolute Gasteiger partial charge is 0.741 e. The lowest BCUT2D eigenvalue weighted by atomic mass is 10.2. The molecule has 4 aromatic carbocycles. The minimum atomic E-state index is -6.09. The van der Waals surface area contributed by atoms with Crippen LogP contribution in [-0.4, -0.2) is 24.7 Å². The topological polar surface area (TPSA) is 60.4 Å². The number of para-hydroxylation sites is 2. The van der Waals surface area contributed by atoms with Crippen molar-refractivity contribution in [3.05, 3.63) is 121 Å². The molecule has 1 unspecified atom stereocenters. The molecule has 9 heteroatoms. The molecule has 188 valence electrons. The Morgan fingerprint density at radius 3 is 1.58 bits per heavy atom. The lowest BCUT2D eigenvalue weighted by Crippen LogP contribution is -2.21. The van der Waals surface area contributed by atoms with Crippen molar-refractivity contribution < 1.29 is 26.1 Å². The summed E-state index contributed by atoms with van der Waals surface area (Å²) < 4.78 is 58.9. The van der Waals surface area contributed by atoms with Gasteiger partial charge in [0.25, 0.3) is 0 Å². The molecule has 0 aliphatic carbocycles. The first-order chi connectivity index (χ1) is 17.1. The highest BCUT2D eigenvalue weighted by Gasteiger charge is 2.36. The smallest absolute Gasteiger partial charge is 0.485 e. The fourth-order valence-corrected chi connectivity index (χ4v) is 4.84. The van der Waals surface area contributed by atoms with Crippen molar-refractivity contribution in [2.75, 3.05) is 11.2 Å². The molecule has 4 rings (SSSR count). The molecule has 0 saturated heterocycles. The number of benzene rings is 4. The molecule has 0 heterocycles. The maximum Gasteiger partial charge on any atom is 0.485 e. The fourth-order valence-electron chi connectivity index (χ4n) is 3.35. The van der Waals surface area contributed by atoms with E-state index >= 15 is 0 Å². The Hall–Kier alpha value is -3.27. The molecule has 0 aliphatic rings. The molecule has 0 fully saturated rings. The van der Waals surface area contributed by atoms with E-state index in [0.29, 0.717) is 0 Å². The van der Waals surface area contributed by atoms with Crippen LogP contribution in [0.5, 0.6) is 0 Å². The van der Waals surface area contributed by atoms with E-state index in [1.165, 1.54) is 27.5 Å². The molecular formula is C27H24F3NO3S2. The molecule has 0 aliphatic heterocycles. The molecule has 0 amide bonds. The van der Waals surface area contributed by atoms with E-state index in [1.807, 2.05) is 0 Å². The summed E-state index contributed by atoms with van der Waals surface area (Å²) in [6.07, 6.45) is 2.33. The Labute approximate surface area is 212 Å². The maximum absolute atomic E-state index is 10.7. The average Bonchev–Trinajstić information content (AvgIpc) is 2.86. The van der Waals surface area contributed by atoms with Gasteiger partial charge in [-0.05, 0) is 36.4 Å². The van der Waals surface area contributed by atoms with Crippen LogP contribution in [0.1, 0.15) is 5.56 Å². The average molecular weight is 532 g/mol. The molecular weight excluding hydrogens is 507 g/mol. The van der Waals surface area contributed by atoms with Crippen molar-refractivity contribution in [2.24, 2.45) is 0 Å². The molecule has 0 aromatic heterocycles. The van der Waals surface area contributed by atoms with Crippen molar-refractivity contribution in [2.45, 2.75) is 16.2 Å². The predicted molar refractivity (Wildman–Crippen MR) is 139 cm³/mol. The lowest BCUT2D eigenvalue weighted by Gasteiger charge is -2.25. The summed E-state index contributed by atoms with van der Waals surface area (Å²) in [5.74, 6) is 1.07. The second-order valence-corrected chi connectivity index (χ2v) is 11.1. The Morgan fingerprint density at radius 1 is 0.722 bits per heavy atom. The standard InChI is InChI=1S/C26H24NS.CHF3O3S/c1-28(21-22-12-5-2-6-13-22)26-19-11-18-25(20-26)27(23-14-7-3-8-15-23)24-16-9-4-10-17-24;2-1(3,4)8(5,6)7/h2-20H,21H2,1H3;(H,5,6,7)/q+1;/p-1. The number of hydrogen-bond acceptors (Lipinski definition) is 4. The molecule has 0 N–H and O–H groups in total. The maximum atomic E-state index is 10.7. The number of halogens is 3. The van der Waals surface area contributed by atoms with Crippen molar-refractivity contribution in [3.63, 3.8) is 0 Å². The Bertz CT molecular complexity index is 1300. The summed E-state index contributed by atoms with van der Waals surface area (Å²) in [5.41, 5.74) is -0.716. The fraction of sp³-hybridized carbons (Fsp3) is 0.111. The van der Waals surface area contributed by atoms with Crippen molar-refractivity contribution in [3.8, 4) is 0 Å². The molecule has 4 nitrogen and oxygen atoms in total. The second-order valence-electron chi connectivity index (χ2n) is 7.67. The first kappa shape index (κ1) is 27.3. The van der Waals surface area contributed by atoms with Gasteiger partial charge in [-0.2, -0.15) is 13.2 Å². The van der Waals surface area contributed by atoms with Crippen molar-refractivity contribution in [1.82, 2.24) is 0 Å². The van der Waals surface area contributed by atoms with Gasteiger partial charge in [-0.1, -0.05) is 72.8 Å². The van der Waals surface area contributed by atoms with Crippen molar-refractivity contribution in [1.29, 1.82) is 0 Å². The molecule has 1 atom stereocenters. The Morgan fingerprint density at radius 2 is 1.14 bits per heavy atom. The van der Waals surface area contributed by atoms with E-state index in [0.717, 1.165) is 5.75 Å². The van der Waals surface area contributed by atoms with Crippen LogP contribution in [0.3, 0.4) is 0 Å². The zero-order chi connectivity index (χ0) is 26.2. The second kappa shape index (κ2) is 12.1. The van der Waals surface area contributed by atoms with Crippen LogP contribution >= 0.6 is 0 Å². The highest BCUT2D eigenvalue weighted by Crippen LogP contribution is 2.35. The summed E-state index contributed by atoms with van der Waals surface area (Å²) in [6.45, 7) is 0. The summed E-state index contributed by atoms with van der Waals surface area (Å²) in [4.78, 5) is 3.71. The number of alkyl halides is 3. The van der Waals surface area contributed by atoms with Gasteiger partial charge >= 0.3 is 5.51 Å². The zero-order valence-corrected chi connectivity index (χ0v) is 20.9. The summed E-state index contributed by atoms with van der Waals surface area (Å²) >= 11 is 0. The highest BCUT2D eigenvalue weighted by molar-refractivity contribution is 7.95. The summed E-state index contributed by atoms with van der Waals surface area (Å²) in [6, 6.07) is 40.9. The molecule has 36 heavy (non-hydrogen) atoms. The van der Waals surface area contributed by atoms with Crippen LogP contribution in [0.25, 0.3) is 0 Å². The first-order valence-corrected chi connectivity index (χ1v) is 14.0. The summed E-state index contributed by atoms with van der Waals surface area (Å²) in [5, 5.41) is 0. The SMILES string of the molecule is C[S+](Cc1ccccc1)c1cccc(N(c2ccccc2)c2ccccc2)c1.O=S(=O)([O-])C(F)(F)F. The highest BCUT2D eigenvalue weighted by atomic mass is 32.2. The van der Waals surface area contributed by atoms with Crippen LogP contribution < -0.4 is 4.90 Å². The van der Waals surface area contributed by atoms with Gasteiger partial charge in [0.1, 0.15) is 12.0 Å². The van der Waals surface area contributed by atoms with Crippen LogP contribution in [-0.2, 0) is 26.8 Å². The van der Waals surface area contributed by atoms with E-state index in [4.69, 9.17) is 13.0 Å². The third-order valence-electron chi connectivity index (χ3n) is 5.02. The van der Waals surface area contributed by atoms with E-state index in [-0.39, 0.29) is 10.9 Å². The molecule has 0 saturated carbocycles. The normalized spacial score (nSPS) is 12.2. The van der Waals surface area contributed by atoms with Gasteiger partial charge in [0.2, 0.25) is 0 Å². The predicted octanol–water partition coefficient (Wildman–Crippen LogP) is 7.02. The minimum absolute atomic E-state index is 0.149. The van der Waals surface area contributed by atoms with Gasteiger partial charge in [0.15, 0.2) is 15.0 Å². The van der Waals surface area contributed by atoms with Crippen LogP contribution in [0.15, 0.2) is 120 Å². The first-order valence-electron chi connectivity index (χ1n) is 10.7. The minimum Gasteiger partial charge on any atom is -0.741 e. The number of hydrogen-bond donors (Lipinski definition) is 0. The van der Waals surface area contributed by atoms with Gasteiger partial charge in [-0.15, -0.1) is 0 Å². The van der Waals surface area contributed by atoms with Gasteiger partial charge in [-0.3, -0.25) is 0 Å². The van der Waals surface area contributed by atoms with Gasteiger partial charge in [-0.25, -0.2) is 8.42 Å². The Balaban J connectivity index is 0.000000392. The van der Waals surface area contributed by atoms with Gasteiger partial charge in [0, 0.05) is 33.9 Å². The lowest BCUT2D eigenvalue weighted by molar-refractivity contribution is -0.0517. The monoisotopic (exact) mass is 531 g/mol. The molecule has 4 aromatic rings. The van der Waals surface area contributed by atoms with Crippen LogP contribution in [0.4, 0.5) is 30.2 Å². The van der Waals surface area contributed by atoms with Crippen LogP contribution in [0, 0.1) is 0 Å². The number of nitrogens with zero attached hydrogens (tertiary/aromatic N) is 1. The summed E-state index contributed by atoms with van der Waals surface area (Å²) in [7, 11) is -5.94. The van der Waals surface area contributed by atoms with Gasteiger partial charge < -0.3 is 9.45 Å². The van der Waals surface area contributed by atoms with Gasteiger partial charge in [0.05, 0.1) is 5.69 Å². The van der Waals surface area contributed by atoms with E-state index in [9.17, 15) is 13.2 Å². The third-order valence-corrected chi connectivity index (χ3v) is 7.41. The third kappa shape index (κ3) is 7.61.